The van der Waals surface area contributed by atoms with Crippen LogP contribution in [0, 0.1) is 5.92 Å². The first-order valence-corrected chi connectivity index (χ1v) is 5.73. The molecule has 0 aromatic heterocycles. The third-order valence-corrected chi connectivity index (χ3v) is 2.88. The quantitative estimate of drug-likeness (QED) is 0.684. The summed E-state index contributed by atoms with van der Waals surface area (Å²) in [6.45, 7) is 0.381. The van der Waals surface area contributed by atoms with E-state index in [0.29, 0.717) is 12.5 Å². The summed E-state index contributed by atoms with van der Waals surface area (Å²) < 4.78 is 5.02. The van der Waals surface area contributed by atoms with Gasteiger partial charge in [0.2, 0.25) is 0 Å². The van der Waals surface area contributed by atoms with Crippen LogP contribution in [0.5, 0.6) is 0 Å². The van der Waals surface area contributed by atoms with Crippen LogP contribution in [0.15, 0.2) is 0 Å². The Morgan fingerprint density at radius 2 is 1.94 bits per heavy atom. The molecule has 1 aliphatic carbocycles. The van der Waals surface area contributed by atoms with E-state index >= 15 is 0 Å². The van der Waals surface area contributed by atoms with Crippen molar-refractivity contribution in [3.8, 4) is 0 Å². The molecule has 0 spiro atoms. The van der Waals surface area contributed by atoms with E-state index in [-0.39, 0.29) is 6.42 Å². The maximum Gasteiger partial charge on any atom is 0.323 e. The fourth-order valence-corrected chi connectivity index (χ4v) is 1.93. The number of rotatable bonds is 5. The van der Waals surface area contributed by atoms with Gasteiger partial charge in [-0.25, -0.2) is 0 Å². The molecular weight excluding hydrogens is 210 g/mol. The number of carboxylic acid groups (broad SMARTS) is 1. The van der Waals surface area contributed by atoms with Crippen LogP contribution in [0.3, 0.4) is 0 Å². The molecule has 5 heteroatoms. The predicted molar refractivity (Wildman–Crippen MR) is 57.8 cm³/mol. The van der Waals surface area contributed by atoms with Gasteiger partial charge in [0.05, 0.1) is 13.0 Å². The standard InChI is InChI=1S/C11H19NO4/c12-9(6-10(13)14)11(15)16-7-8-4-2-1-3-5-8/h8-9H,1-7,12H2,(H,13,14). The highest BCUT2D eigenvalue weighted by atomic mass is 16.5. The van der Waals surface area contributed by atoms with Crippen LogP contribution in [0.25, 0.3) is 0 Å². The second-order valence-corrected chi connectivity index (χ2v) is 4.34. The van der Waals surface area contributed by atoms with Crippen LogP contribution in [-0.4, -0.2) is 29.7 Å². The number of carboxylic acids is 1. The molecule has 1 saturated carbocycles. The molecular formula is C11H19NO4. The lowest BCUT2D eigenvalue weighted by atomic mass is 9.90. The Hall–Kier alpha value is -1.10. The van der Waals surface area contributed by atoms with E-state index in [0.717, 1.165) is 12.8 Å². The normalized spacial score (nSPS) is 19.1. The highest BCUT2D eigenvalue weighted by molar-refractivity contribution is 5.81. The van der Waals surface area contributed by atoms with Crippen molar-refractivity contribution in [2.24, 2.45) is 11.7 Å². The molecule has 1 fully saturated rings. The van der Waals surface area contributed by atoms with Gasteiger partial charge in [-0.05, 0) is 18.8 Å². The minimum Gasteiger partial charge on any atom is -0.481 e. The summed E-state index contributed by atoms with van der Waals surface area (Å²) in [6, 6.07) is -1.04. The predicted octanol–water partition coefficient (Wildman–Crippen LogP) is 0.912. The van der Waals surface area contributed by atoms with Crippen LogP contribution < -0.4 is 5.73 Å². The minimum absolute atomic E-state index is 0.372. The maximum absolute atomic E-state index is 11.3. The van der Waals surface area contributed by atoms with Gasteiger partial charge >= 0.3 is 11.9 Å². The number of esters is 1. The molecule has 1 unspecified atom stereocenters. The average molecular weight is 229 g/mol. The number of carbonyl (C=O) groups is 2. The topological polar surface area (TPSA) is 89.6 Å². The fraction of sp³-hybridized carbons (Fsp3) is 0.818. The molecule has 1 aliphatic rings. The molecule has 0 aliphatic heterocycles. The fourth-order valence-electron chi connectivity index (χ4n) is 1.93. The summed E-state index contributed by atoms with van der Waals surface area (Å²) in [4.78, 5) is 21.6. The molecule has 0 bridgehead atoms. The number of hydrogen-bond acceptors (Lipinski definition) is 4. The second-order valence-electron chi connectivity index (χ2n) is 4.34. The van der Waals surface area contributed by atoms with Gasteiger partial charge < -0.3 is 15.6 Å². The lowest BCUT2D eigenvalue weighted by Gasteiger charge is -2.21. The Kier molecular flexibility index (Phi) is 5.25. The highest BCUT2D eigenvalue weighted by Gasteiger charge is 2.21. The van der Waals surface area contributed by atoms with Gasteiger partial charge in [0.15, 0.2) is 0 Å². The summed E-state index contributed by atoms with van der Waals surface area (Å²) in [6.07, 6.45) is 5.42. The summed E-state index contributed by atoms with van der Waals surface area (Å²) in [5, 5.41) is 8.46. The SMILES string of the molecule is NC(CC(=O)O)C(=O)OCC1CCCCC1. The Morgan fingerprint density at radius 1 is 1.31 bits per heavy atom. The largest absolute Gasteiger partial charge is 0.481 e. The van der Waals surface area contributed by atoms with E-state index in [1.807, 2.05) is 0 Å². The van der Waals surface area contributed by atoms with Crippen molar-refractivity contribution < 1.29 is 19.4 Å². The van der Waals surface area contributed by atoms with Crippen molar-refractivity contribution in [3.63, 3.8) is 0 Å². The minimum atomic E-state index is -1.08. The number of nitrogens with two attached hydrogens (primary N) is 1. The monoisotopic (exact) mass is 229 g/mol. The summed E-state index contributed by atoms with van der Waals surface area (Å²) in [5.41, 5.74) is 5.38. The zero-order valence-corrected chi connectivity index (χ0v) is 9.35. The lowest BCUT2D eigenvalue weighted by Crippen LogP contribution is -2.35. The second kappa shape index (κ2) is 6.48. The Morgan fingerprint density at radius 3 is 2.50 bits per heavy atom. The van der Waals surface area contributed by atoms with Gasteiger partial charge in [-0.15, -0.1) is 0 Å². The van der Waals surface area contributed by atoms with Crippen molar-refractivity contribution >= 4 is 11.9 Å². The van der Waals surface area contributed by atoms with E-state index in [4.69, 9.17) is 15.6 Å². The number of aliphatic carboxylic acids is 1. The third-order valence-electron chi connectivity index (χ3n) is 2.88. The zero-order valence-electron chi connectivity index (χ0n) is 9.35. The van der Waals surface area contributed by atoms with E-state index in [1.54, 1.807) is 0 Å². The number of carbonyl (C=O) groups excluding carboxylic acids is 1. The van der Waals surface area contributed by atoms with Gasteiger partial charge in [-0.2, -0.15) is 0 Å². The van der Waals surface area contributed by atoms with Crippen molar-refractivity contribution in [1.29, 1.82) is 0 Å². The maximum atomic E-state index is 11.3. The van der Waals surface area contributed by atoms with E-state index in [2.05, 4.69) is 0 Å². The first kappa shape index (κ1) is 13.0. The van der Waals surface area contributed by atoms with E-state index in [9.17, 15) is 9.59 Å². The van der Waals surface area contributed by atoms with Crippen LogP contribution in [-0.2, 0) is 14.3 Å². The van der Waals surface area contributed by atoms with Crippen LogP contribution >= 0.6 is 0 Å². The summed E-state index contributed by atoms with van der Waals surface area (Å²) in [5.74, 6) is -1.26. The molecule has 1 rings (SSSR count). The molecule has 0 aromatic carbocycles. The summed E-state index contributed by atoms with van der Waals surface area (Å²) in [7, 11) is 0. The van der Waals surface area contributed by atoms with Crippen molar-refractivity contribution in [2.45, 2.75) is 44.6 Å². The molecule has 5 nitrogen and oxygen atoms in total. The van der Waals surface area contributed by atoms with Crippen molar-refractivity contribution in [1.82, 2.24) is 0 Å². The van der Waals surface area contributed by atoms with E-state index < -0.39 is 18.0 Å². The molecule has 0 radical (unpaired) electrons. The number of hydrogen-bond donors (Lipinski definition) is 2. The zero-order chi connectivity index (χ0) is 12.0. The van der Waals surface area contributed by atoms with Crippen LogP contribution in [0.1, 0.15) is 38.5 Å². The van der Waals surface area contributed by atoms with Crippen molar-refractivity contribution in [2.75, 3.05) is 6.61 Å². The van der Waals surface area contributed by atoms with Crippen LogP contribution in [0.4, 0.5) is 0 Å². The smallest absolute Gasteiger partial charge is 0.323 e. The third kappa shape index (κ3) is 4.61. The van der Waals surface area contributed by atoms with Gasteiger partial charge in [-0.1, -0.05) is 19.3 Å². The van der Waals surface area contributed by atoms with Gasteiger partial charge in [0.25, 0.3) is 0 Å². The first-order chi connectivity index (χ1) is 7.59. The molecule has 1 atom stereocenters. The average Bonchev–Trinajstić information content (AvgIpc) is 2.26. The van der Waals surface area contributed by atoms with Gasteiger partial charge in [0, 0.05) is 0 Å². The molecule has 92 valence electrons. The van der Waals surface area contributed by atoms with Gasteiger partial charge in [-0.3, -0.25) is 9.59 Å². The van der Waals surface area contributed by atoms with Crippen molar-refractivity contribution in [3.05, 3.63) is 0 Å². The lowest BCUT2D eigenvalue weighted by molar-refractivity contribution is -0.150. The molecule has 0 amide bonds. The first-order valence-electron chi connectivity index (χ1n) is 5.73. The Bertz CT molecular complexity index is 248. The Balaban J connectivity index is 2.20. The van der Waals surface area contributed by atoms with E-state index in [1.165, 1.54) is 19.3 Å². The summed E-state index contributed by atoms with van der Waals surface area (Å²) >= 11 is 0. The van der Waals surface area contributed by atoms with Gasteiger partial charge in [0.1, 0.15) is 6.04 Å². The number of ether oxygens (including phenoxy) is 1. The highest BCUT2D eigenvalue weighted by Crippen LogP contribution is 2.23. The molecule has 3 N–H and O–H groups in total. The molecule has 16 heavy (non-hydrogen) atoms. The molecule has 0 saturated heterocycles. The van der Waals surface area contributed by atoms with Crippen LogP contribution in [0.2, 0.25) is 0 Å². The molecule has 0 heterocycles. The molecule has 0 aromatic rings. The Labute approximate surface area is 95.0 Å².